The zero-order valence-corrected chi connectivity index (χ0v) is 40.2. The lowest BCUT2D eigenvalue weighted by molar-refractivity contribution is -0.384. The molecule has 16 nitrogen and oxygen atoms in total. The summed E-state index contributed by atoms with van der Waals surface area (Å²) in [6.45, 7) is 9.84. The number of piperidine rings is 1. The maximum Gasteiger partial charge on any atom is 0.293 e. The van der Waals surface area contributed by atoms with Crippen molar-refractivity contribution in [2.75, 3.05) is 67.7 Å². The topological polar surface area (TPSA) is 184 Å². The minimum atomic E-state index is -4.59. The summed E-state index contributed by atoms with van der Waals surface area (Å²) >= 11 is 0. The van der Waals surface area contributed by atoms with Gasteiger partial charge in [-0.1, -0.05) is 38.1 Å². The smallest absolute Gasteiger partial charge is 0.293 e. The lowest BCUT2D eigenvalue weighted by Crippen LogP contribution is -2.55. The van der Waals surface area contributed by atoms with Crippen LogP contribution in [0.1, 0.15) is 92.7 Å². The van der Waals surface area contributed by atoms with Gasteiger partial charge >= 0.3 is 0 Å². The molecule has 11 rings (SSSR count). The van der Waals surface area contributed by atoms with Gasteiger partial charge in [-0.15, -0.1) is 0 Å². The highest BCUT2D eigenvalue weighted by molar-refractivity contribution is 7.90. The van der Waals surface area contributed by atoms with Crippen molar-refractivity contribution in [1.82, 2.24) is 19.6 Å². The van der Waals surface area contributed by atoms with Crippen LogP contribution in [0.5, 0.6) is 5.88 Å². The Morgan fingerprint density at radius 2 is 1.77 bits per heavy atom. The van der Waals surface area contributed by atoms with Gasteiger partial charge in [0, 0.05) is 68.3 Å². The first-order chi connectivity index (χ1) is 33.4. The molecule has 0 bridgehead atoms. The van der Waals surface area contributed by atoms with Gasteiger partial charge in [0.2, 0.25) is 5.88 Å². The average Bonchev–Trinajstić information content (AvgIpc) is 4.13. The highest BCUT2D eigenvalue weighted by Crippen LogP contribution is 2.54. The van der Waals surface area contributed by atoms with Crippen molar-refractivity contribution in [3.8, 4) is 5.88 Å². The Balaban J connectivity index is 0.859. The molecule has 4 saturated heterocycles. The summed E-state index contributed by atoms with van der Waals surface area (Å²) in [5.41, 5.74) is 5.93. The number of benzene rings is 3. The van der Waals surface area contributed by atoms with Gasteiger partial charge in [0.05, 0.1) is 40.3 Å². The molecule has 1 spiro atoms. The van der Waals surface area contributed by atoms with Crippen LogP contribution in [-0.4, -0.2) is 105 Å². The number of carbonyl (C=O) groups is 1. The summed E-state index contributed by atoms with van der Waals surface area (Å²) < 4.78 is 48.3. The third kappa shape index (κ3) is 8.91. The number of nitro benzene ring substituents is 1. The molecule has 6 aliphatic rings. The number of carbonyl (C=O) groups excluding carboxylic acids is 1. The van der Waals surface area contributed by atoms with Crippen molar-refractivity contribution >= 4 is 55.4 Å². The summed E-state index contributed by atoms with van der Waals surface area (Å²) in [6.07, 6.45) is 11.1. The fourth-order valence-electron chi connectivity index (χ4n) is 12.1. The van der Waals surface area contributed by atoms with Crippen LogP contribution in [0.2, 0.25) is 0 Å². The van der Waals surface area contributed by atoms with Gasteiger partial charge in [-0.3, -0.25) is 19.8 Å². The van der Waals surface area contributed by atoms with Crippen molar-refractivity contribution < 1.29 is 32.3 Å². The highest BCUT2D eigenvalue weighted by atomic mass is 32.2. The SMILES string of the molecule is CC(C)Cc1ccccc1[C@@H]1CCCN1C1CC2(CCN(c3ccc(C(=O)NS(=O)(=O)c4ccc(NCC5CCOCC5)c([N+](=O)[O-])c4)c(N4c5cc6cc[nH]c6nc5O[C@@H]5COC[C@H]54)c3)CC2)C1. The van der Waals surface area contributed by atoms with E-state index in [0.29, 0.717) is 79.3 Å². The lowest BCUT2D eigenvalue weighted by Gasteiger charge is -2.56. The average molecular weight is 959 g/mol. The molecule has 2 aromatic heterocycles. The van der Waals surface area contributed by atoms with E-state index in [1.54, 1.807) is 6.07 Å². The van der Waals surface area contributed by atoms with E-state index in [0.717, 1.165) is 68.9 Å². The Morgan fingerprint density at radius 1 is 0.957 bits per heavy atom. The number of pyridine rings is 1. The Morgan fingerprint density at radius 3 is 2.57 bits per heavy atom. The molecular weight excluding hydrogens is 897 g/mol. The molecule has 3 N–H and O–H groups in total. The van der Waals surface area contributed by atoms with E-state index in [9.17, 15) is 23.3 Å². The quantitative estimate of drug-likeness (QED) is 0.0755. The molecule has 3 atom stereocenters. The van der Waals surface area contributed by atoms with Gasteiger partial charge in [-0.05, 0) is 135 Å². The predicted octanol–water partition coefficient (Wildman–Crippen LogP) is 8.51. The van der Waals surface area contributed by atoms with E-state index in [4.69, 9.17) is 19.2 Å². The molecule has 5 aromatic rings. The molecule has 17 heteroatoms. The number of nitro groups is 1. The van der Waals surface area contributed by atoms with Crippen molar-refractivity contribution in [2.24, 2.45) is 17.3 Å². The van der Waals surface area contributed by atoms with Gasteiger partial charge in [0.25, 0.3) is 21.6 Å². The van der Waals surface area contributed by atoms with Crippen LogP contribution in [0.3, 0.4) is 0 Å². The molecule has 69 heavy (non-hydrogen) atoms. The molecule has 5 fully saturated rings. The normalized spacial score (nSPS) is 22.9. The molecule has 1 amide bonds. The molecule has 5 aliphatic heterocycles. The number of nitrogens with one attached hydrogen (secondary N) is 3. The second-order valence-electron chi connectivity index (χ2n) is 20.6. The Kier molecular flexibility index (Phi) is 12.3. The van der Waals surface area contributed by atoms with Crippen LogP contribution in [0.25, 0.3) is 11.0 Å². The fourth-order valence-corrected chi connectivity index (χ4v) is 13.1. The third-order valence-corrected chi connectivity index (χ3v) is 17.1. The molecule has 0 radical (unpaired) electrons. The van der Waals surface area contributed by atoms with Crippen molar-refractivity contribution in [3.63, 3.8) is 0 Å². The number of hydrogen-bond donors (Lipinski definition) is 3. The minimum absolute atomic E-state index is 0.115. The van der Waals surface area contributed by atoms with E-state index in [1.807, 2.05) is 35.4 Å². The standard InChI is InChI=1S/C52H62N8O8S/c1-33(2)24-35-6-3-4-7-40(35)43-8-5-19-58(43)38-28-52(29-38)16-20-57(21-17-52)37-9-11-41(44(26-37)59-46-25-36-13-18-53-49(36)55-51(46)68-48-32-67-31-47(48)59)50(61)56-69(64,65)39-10-12-42(45(27-39)60(62)63)54-30-34-14-22-66-23-15-34/h3-4,6-7,9-13,18,25-27,33-34,38,43,47-48,54H,5,8,14-17,19-24,28-32H2,1-2H3,(H,53,55)(H,56,61)/t43-,47+,48+/m0/s1. The molecule has 1 aliphatic carbocycles. The number of hydrogen-bond acceptors (Lipinski definition) is 13. The zero-order chi connectivity index (χ0) is 47.4. The Bertz CT molecular complexity index is 2850. The molecular formula is C52H62N8O8S. The van der Waals surface area contributed by atoms with Gasteiger partial charge in [-0.25, -0.2) is 13.1 Å². The van der Waals surface area contributed by atoms with Crippen molar-refractivity contribution in [1.29, 1.82) is 0 Å². The summed E-state index contributed by atoms with van der Waals surface area (Å²) in [6, 6.07) is 23.0. The number of fused-ring (bicyclic) bond motifs is 3. The summed E-state index contributed by atoms with van der Waals surface area (Å²) in [5.74, 6) is 0.393. The number of sulfonamides is 1. The van der Waals surface area contributed by atoms with Crippen molar-refractivity contribution in [2.45, 2.75) is 101 Å². The molecule has 3 aromatic carbocycles. The highest BCUT2D eigenvalue weighted by Gasteiger charge is 2.50. The van der Waals surface area contributed by atoms with E-state index >= 15 is 0 Å². The van der Waals surface area contributed by atoms with Gasteiger partial charge in [-0.2, -0.15) is 4.98 Å². The first-order valence-corrected chi connectivity index (χ1v) is 26.3. The Hall–Kier alpha value is -5.75. The number of likely N-dealkylation sites (tertiary alicyclic amines) is 1. The summed E-state index contributed by atoms with van der Waals surface area (Å²) in [7, 11) is -4.59. The molecule has 0 unspecified atom stereocenters. The number of aromatic amines is 1. The van der Waals surface area contributed by atoms with Gasteiger partial charge in [0.1, 0.15) is 23.1 Å². The largest absolute Gasteiger partial charge is 0.468 e. The van der Waals surface area contributed by atoms with E-state index in [1.165, 1.54) is 48.9 Å². The molecule has 364 valence electrons. The fraction of sp³-hybridized carbons (Fsp3) is 0.500. The van der Waals surface area contributed by atoms with Crippen LogP contribution in [0, 0.1) is 27.4 Å². The number of aromatic nitrogens is 2. The molecule has 7 heterocycles. The summed E-state index contributed by atoms with van der Waals surface area (Å²) in [5, 5.41) is 16.3. The first kappa shape index (κ1) is 45.7. The first-order valence-electron chi connectivity index (χ1n) is 24.8. The minimum Gasteiger partial charge on any atom is -0.468 e. The number of anilines is 4. The van der Waals surface area contributed by atoms with Gasteiger partial charge in [0.15, 0.2) is 0 Å². The number of nitrogens with zero attached hydrogens (tertiary/aromatic N) is 5. The number of H-pyrrole nitrogens is 1. The number of ether oxygens (including phenoxy) is 3. The number of amides is 1. The zero-order valence-electron chi connectivity index (χ0n) is 39.4. The van der Waals surface area contributed by atoms with E-state index in [2.05, 4.69) is 62.9 Å². The second kappa shape index (κ2) is 18.5. The van der Waals surface area contributed by atoms with Crippen molar-refractivity contribution in [3.05, 3.63) is 106 Å². The van der Waals surface area contributed by atoms with E-state index < -0.39 is 37.5 Å². The maximum atomic E-state index is 14.6. The predicted molar refractivity (Wildman–Crippen MR) is 264 cm³/mol. The molecule has 1 saturated carbocycles. The number of rotatable bonds is 13. The van der Waals surface area contributed by atoms with E-state index in [-0.39, 0.29) is 23.2 Å². The third-order valence-electron chi connectivity index (χ3n) is 15.8. The van der Waals surface area contributed by atoms with Crippen LogP contribution in [-0.2, 0) is 25.9 Å². The van der Waals surface area contributed by atoms with Crippen LogP contribution < -0.4 is 24.6 Å². The second-order valence-corrected chi connectivity index (χ2v) is 22.3. The van der Waals surface area contributed by atoms with Crippen LogP contribution in [0.15, 0.2) is 83.9 Å². The lowest BCUT2D eigenvalue weighted by atomic mass is 9.59. The maximum absolute atomic E-state index is 14.6. The summed E-state index contributed by atoms with van der Waals surface area (Å²) in [4.78, 5) is 41.1. The van der Waals surface area contributed by atoms with Gasteiger partial charge < -0.3 is 34.3 Å². The monoisotopic (exact) mass is 958 g/mol. The van der Waals surface area contributed by atoms with Crippen LogP contribution >= 0.6 is 0 Å². The Labute approximate surface area is 403 Å². The van der Waals surface area contributed by atoms with Crippen LogP contribution in [0.4, 0.5) is 28.4 Å².